The first-order valence-corrected chi connectivity index (χ1v) is 10.7. The van der Waals surface area contributed by atoms with Crippen molar-refractivity contribution in [3.63, 3.8) is 0 Å². The van der Waals surface area contributed by atoms with Gasteiger partial charge in [0.1, 0.15) is 5.75 Å². The number of rotatable bonds is 6. The summed E-state index contributed by atoms with van der Waals surface area (Å²) in [7, 11) is 1.58. The molecule has 0 saturated carbocycles. The van der Waals surface area contributed by atoms with E-state index < -0.39 is 0 Å². The predicted octanol–water partition coefficient (Wildman–Crippen LogP) is 3.87. The molecule has 1 fully saturated rings. The second kappa shape index (κ2) is 8.31. The molecule has 3 aromatic rings. The topological polar surface area (TPSA) is 76.5 Å². The Balaban J connectivity index is 1.48. The summed E-state index contributed by atoms with van der Waals surface area (Å²) in [5.41, 5.74) is 4.26. The van der Waals surface area contributed by atoms with E-state index in [0.717, 1.165) is 28.6 Å². The van der Waals surface area contributed by atoms with E-state index in [1.165, 1.54) is 11.3 Å². The molecule has 3 heterocycles. The number of hydrogen-bond donors (Lipinski definition) is 1. The molecule has 0 radical (unpaired) electrons. The van der Waals surface area contributed by atoms with Crippen LogP contribution in [0.15, 0.2) is 35.7 Å². The van der Waals surface area contributed by atoms with Gasteiger partial charge in [0, 0.05) is 35.4 Å². The first kappa shape index (κ1) is 20.2. The summed E-state index contributed by atoms with van der Waals surface area (Å²) in [5.74, 6) is 0.531. The summed E-state index contributed by atoms with van der Waals surface area (Å²) >= 11 is 1.52. The van der Waals surface area contributed by atoms with Crippen LogP contribution in [-0.2, 0) is 16.0 Å². The first-order chi connectivity index (χ1) is 14.5. The number of nitrogens with one attached hydrogen (secondary N) is 1. The number of anilines is 2. The molecule has 2 amide bonds. The second-order valence-corrected chi connectivity index (χ2v) is 8.17. The van der Waals surface area contributed by atoms with Crippen LogP contribution in [0, 0.1) is 13.8 Å². The molecule has 1 N–H and O–H groups in total. The summed E-state index contributed by atoms with van der Waals surface area (Å²) < 4.78 is 7.48. The van der Waals surface area contributed by atoms with Crippen LogP contribution in [0.1, 0.15) is 29.9 Å². The van der Waals surface area contributed by atoms with Crippen molar-refractivity contribution >= 4 is 34.5 Å². The molecule has 0 atom stereocenters. The highest BCUT2D eigenvalue weighted by Crippen LogP contribution is 2.34. The van der Waals surface area contributed by atoms with Crippen LogP contribution in [-0.4, -0.2) is 35.0 Å². The largest absolute Gasteiger partial charge is 0.495 e. The number of carbonyl (C=O) groups is 2. The summed E-state index contributed by atoms with van der Waals surface area (Å²) in [6.45, 7) is 4.73. The Morgan fingerprint density at radius 1 is 1.23 bits per heavy atom. The fraction of sp³-hybridized carbons (Fsp3) is 0.318. The molecule has 0 spiro atoms. The molecule has 0 bridgehead atoms. The van der Waals surface area contributed by atoms with Gasteiger partial charge in [-0.3, -0.25) is 14.2 Å². The quantitative estimate of drug-likeness (QED) is 0.652. The molecule has 1 aliphatic heterocycles. The molecule has 8 heteroatoms. The highest BCUT2D eigenvalue weighted by Gasteiger charge is 2.25. The Morgan fingerprint density at radius 2 is 2.00 bits per heavy atom. The SMILES string of the molecule is COc1ccc(NC(=O)Cc2csc(-n3c(C)ccc3C)n2)cc1N1CCCC1=O. The maximum atomic E-state index is 12.6. The van der Waals surface area contributed by atoms with Crippen LogP contribution in [0.2, 0.25) is 0 Å². The number of ether oxygens (including phenoxy) is 1. The van der Waals surface area contributed by atoms with E-state index >= 15 is 0 Å². The van der Waals surface area contributed by atoms with E-state index in [1.807, 2.05) is 19.2 Å². The molecule has 4 rings (SSSR count). The summed E-state index contributed by atoms with van der Waals surface area (Å²) in [6, 6.07) is 9.44. The minimum atomic E-state index is -0.156. The lowest BCUT2D eigenvalue weighted by atomic mass is 10.2. The molecule has 7 nitrogen and oxygen atoms in total. The number of aromatic nitrogens is 2. The molecule has 30 heavy (non-hydrogen) atoms. The average molecular weight is 425 g/mol. The van der Waals surface area contributed by atoms with Gasteiger partial charge < -0.3 is 15.0 Å². The molecule has 0 unspecified atom stereocenters. The number of methoxy groups -OCH3 is 1. The van der Waals surface area contributed by atoms with Crippen LogP contribution >= 0.6 is 11.3 Å². The summed E-state index contributed by atoms with van der Waals surface area (Å²) in [6.07, 6.45) is 1.54. The fourth-order valence-electron chi connectivity index (χ4n) is 3.70. The number of carbonyl (C=O) groups excluding carboxylic acids is 2. The van der Waals surface area contributed by atoms with E-state index in [1.54, 1.807) is 30.2 Å². The number of amides is 2. The number of nitrogens with zero attached hydrogens (tertiary/aromatic N) is 3. The Bertz CT molecular complexity index is 1080. The van der Waals surface area contributed by atoms with Gasteiger partial charge in [0.15, 0.2) is 5.13 Å². The molecular formula is C22H24N4O3S. The standard InChI is InChI=1S/C22H24N4O3S/c1-14-6-7-15(2)26(14)22-24-17(13-30-22)12-20(27)23-16-8-9-19(29-3)18(11-16)25-10-4-5-21(25)28/h6-9,11,13H,4-5,10,12H2,1-3H3,(H,23,27). The third-order valence-electron chi connectivity index (χ3n) is 5.17. The zero-order chi connectivity index (χ0) is 21.3. The van der Waals surface area contributed by atoms with Crippen molar-refractivity contribution in [2.24, 2.45) is 0 Å². The lowest BCUT2D eigenvalue weighted by Crippen LogP contribution is -2.24. The number of aryl methyl sites for hydroxylation is 2. The van der Waals surface area contributed by atoms with Gasteiger partial charge in [-0.15, -0.1) is 11.3 Å². The second-order valence-electron chi connectivity index (χ2n) is 7.33. The molecule has 1 saturated heterocycles. The zero-order valence-corrected chi connectivity index (χ0v) is 18.1. The van der Waals surface area contributed by atoms with Gasteiger partial charge in [-0.1, -0.05) is 0 Å². The zero-order valence-electron chi connectivity index (χ0n) is 17.3. The maximum absolute atomic E-state index is 12.6. The normalized spacial score (nSPS) is 13.7. The lowest BCUT2D eigenvalue weighted by Gasteiger charge is -2.20. The molecule has 0 aliphatic carbocycles. The van der Waals surface area contributed by atoms with Gasteiger partial charge in [0.25, 0.3) is 0 Å². The number of hydrogen-bond acceptors (Lipinski definition) is 5. The maximum Gasteiger partial charge on any atom is 0.230 e. The average Bonchev–Trinajstić information content (AvgIpc) is 3.42. The van der Waals surface area contributed by atoms with Gasteiger partial charge in [0.2, 0.25) is 11.8 Å². The Labute approximate surface area is 179 Å². The molecular weight excluding hydrogens is 400 g/mol. The van der Waals surface area contributed by atoms with Gasteiger partial charge in [-0.25, -0.2) is 4.98 Å². The lowest BCUT2D eigenvalue weighted by molar-refractivity contribution is -0.117. The number of benzene rings is 1. The van der Waals surface area contributed by atoms with E-state index in [0.29, 0.717) is 30.1 Å². The molecule has 2 aromatic heterocycles. The van der Waals surface area contributed by atoms with Gasteiger partial charge in [-0.2, -0.15) is 0 Å². The minimum Gasteiger partial charge on any atom is -0.495 e. The molecule has 1 aliphatic rings. The Hall–Kier alpha value is -3.13. The summed E-state index contributed by atoms with van der Waals surface area (Å²) in [4.78, 5) is 31.1. The van der Waals surface area contributed by atoms with Crippen molar-refractivity contribution in [2.45, 2.75) is 33.1 Å². The van der Waals surface area contributed by atoms with E-state index in [9.17, 15) is 9.59 Å². The third kappa shape index (κ3) is 3.95. The Morgan fingerprint density at radius 3 is 2.67 bits per heavy atom. The van der Waals surface area contributed by atoms with Gasteiger partial charge in [0.05, 0.1) is 24.9 Å². The van der Waals surface area contributed by atoms with Crippen molar-refractivity contribution in [2.75, 3.05) is 23.9 Å². The first-order valence-electron chi connectivity index (χ1n) is 9.84. The minimum absolute atomic E-state index is 0.0716. The van der Waals surface area contributed by atoms with Crippen LogP contribution in [0.3, 0.4) is 0 Å². The van der Waals surface area contributed by atoms with Crippen LogP contribution in [0.4, 0.5) is 11.4 Å². The van der Waals surface area contributed by atoms with Crippen molar-refractivity contribution in [1.29, 1.82) is 0 Å². The smallest absolute Gasteiger partial charge is 0.230 e. The Kier molecular flexibility index (Phi) is 5.59. The van der Waals surface area contributed by atoms with E-state index in [2.05, 4.69) is 27.0 Å². The van der Waals surface area contributed by atoms with Crippen molar-refractivity contribution < 1.29 is 14.3 Å². The third-order valence-corrected chi connectivity index (χ3v) is 6.05. The van der Waals surface area contributed by atoms with Crippen LogP contribution in [0.5, 0.6) is 5.75 Å². The van der Waals surface area contributed by atoms with Crippen LogP contribution < -0.4 is 15.0 Å². The molecule has 1 aromatic carbocycles. The van der Waals surface area contributed by atoms with Gasteiger partial charge in [-0.05, 0) is 50.6 Å². The number of thiazole rings is 1. The predicted molar refractivity (Wildman–Crippen MR) is 118 cm³/mol. The van der Waals surface area contributed by atoms with E-state index in [-0.39, 0.29) is 18.2 Å². The van der Waals surface area contributed by atoms with Crippen molar-refractivity contribution in [3.8, 4) is 10.9 Å². The van der Waals surface area contributed by atoms with Crippen LogP contribution in [0.25, 0.3) is 5.13 Å². The van der Waals surface area contributed by atoms with E-state index in [4.69, 9.17) is 4.74 Å². The fourth-order valence-corrected chi connectivity index (χ4v) is 4.64. The highest BCUT2D eigenvalue weighted by molar-refractivity contribution is 7.12. The summed E-state index contributed by atoms with van der Waals surface area (Å²) in [5, 5.41) is 5.68. The van der Waals surface area contributed by atoms with Crippen molar-refractivity contribution in [3.05, 3.63) is 52.8 Å². The monoisotopic (exact) mass is 424 g/mol. The van der Waals surface area contributed by atoms with Gasteiger partial charge >= 0.3 is 0 Å². The molecule has 156 valence electrons. The highest BCUT2D eigenvalue weighted by atomic mass is 32.1. The van der Waals surface area contributed by atoms with Crippen molar-refractivity contribution in [1.82, 2.24) is 9.55 Å².